The van der Waals surface area contributed by atoms with Crippen LogP contribution < -0.4 is 15.6 Å². The zero-order valence-electron chi connectivity index (χ0n) is 18.4. The zero-order valence-corrected chi connectivity index (χ0v) is 19.3. The number of rotatable bonds is 9. The Hall–Kier alpha value is -2.62. The number of hydrogen-bond acceptors (Lipinski definition) is 5. The van der Waals surface area contributed by atoms with E-state index in [0.29, 0.717) is 11.5 Å². The number of primary sulfonamides is 1. The molecule has 0 unspecified atom stereocenters. The van der Waals surface area contributed by atoms with Crippen molar-refractivity contribution >= 4 is 16.1 Å². The molecule has 1 heterocycles. The van der Waals surface area contributed by atoms with E-state index in [1.807, 2.05) is 29.2 Å². The second-order valence-corrected chi connectivity index (χ2v) is 9.72. The summed E-state index contributed by atoms with van der Waals surface area (Å²) in [7, 11) is -3.71. The molecule has 9 heteroatoms. The number of nitrogens with two attached hydrogens (primary N) is 2. The molecule has 0 atom stereocenters. The molecule has 2 amide bonds. The van der Waals surface area contributed by atoms with E-state index in [2.05, 4.69) is 11.8 Å². The Morgan fingerprint density at radius 1 is 1.06 bits per heavy atom. The predicted octanol–water partition coefficient (Wildman–Crippen LogP) is 3.27. The quantitative estimate of drug-likeness (QED) is 0.595. The minimum atomic E-state index is -3.71. The predicted molar refractivity (Wildman–Crippen MR) is 124 cm³/mol. The van der Waals surface area contributed by atoms with E-state index in [0.717, 1.165) is 51.9 Å². The number of amides is 2. The number of ether oxygens (including phenoxy) is 1. The molecule has 1 aliphatic heterocycles. The van der Waals surface area contributed by atoms with E-state index in [-0.39, 0.29) is 17.0 Å². The summed E-state index contributed by atoms with van der Waals surface area (Å²) in [5.41, 5.74) is 6.77. The maximum absolute atomic E-state index is 11.8. The van der Waals surface area contributed by atoms with Crippen molar-refractivity contribution in [2.75, 3.05) is 19.6 Å². The summed E-state index contributed by atoms with van der Waals surface area (Å²) in [4.78, 5) is 16.1. The van der Waals surface area contributed by atoms with Gasteiger partial charge in [-0.3, -0.25) is 4.90 Å². The molecule has 32 heavy (non-hydrogen) atoms. The molecule has 2 aromatic rings. The fourth-order valence-corrected chi connectivity index (χ4v) is 4.46. The van der Waals surface area contributed by atoms with Gasteiger partial charge in [-0.1, -0.05) is 25.5 Å². The summed E-state index contributed by atoms with van der Waals surface area (Å²) >= 11 is 0. The first-order chi connectivity index (χ1) is 15.3. The molecule has 0 spiro atoms. The van der Waals surface area contributed by atoms with Gasteiger partial charge in [-0.25, -0.2) is 18.4 Å². The molecule has 0 bridgehead atoms. The number of carbonyl (C=O) groups is 1. The van der Waals surface area contributed by atoms with Crippen molar-refractivity contribution in [3.8, 4) is 11.5 Å². The van der Waals surface area contributed by atoms with Crippen LogP contribution in [0.1, 0.15) is 38.2 Å². The zero-order chi connectivity index (χ0) is 23.1. The van der Waals surface area contributed by atoms with Gasteiger partial charge in [-0.15, -0.1) is 0 Å². The standard InChI is InChI=1S/C23H32N4O4S/c1-2-3-14-27(23(24)28)19-12-15-26(16-13-19)17-18-4-6-20(7-5-18)31-21-8-10-22(11-9-21)32(25,29)30/h4-11,19H,2-3,12-17H2,1H3,(H2,24,28)(H2,25,29,30). The third-order valence-electron chi connectivity index (χ3n) is 5.75. The van der Waals surface area contributed by atoms with Crippen molar-refractivity contribution in [3.05, 3.63) is 54.1 Å². The average Bonchev–Trinajstić information content (AvgIpc) is 2.76. The van der Waals surface area contributed by atoms with E-state index in [9.17, 15) is 13.2 Å². The summed E-state index contributed by atoms with van der Waals surface area (Å²) in [6.45, 7) is 5.54. The number of likely N-dealkylation sites (tertiary alicyclic amines) is 1. The second-order valence-electron chi connectivity index (χ2n) is 8.15. The highest BCUT2D eigenvalue weighted by molar-refractivity contribution is 7.89. The lowest BCUT2D eigenvalue weighted by molar-refractivity contribution is 0.120. The molecular formula is C23H32N4O4S. The number of benzene rings is 2. The minimum absolute atomic E-state index is 0.0493. The molecule has 2 aromatic carbocycles. The second kappa shape index (κ2) is 10.8. The maximum atomic E-state index is 11.8. The summed E-state index contributed by atoms with van der Waals surface area (Å²) in [6.07, 6.45) is 3.89. The first-order valence-corrected chi connectivity index (χ1v) is 12.5. The Bertz CT molecular complexity index is 986. The molecule has 1 aliphatic rings. The van der Waals surface area contributed by atoms with Gasteiger partial charge in [-0.2, -0.15) is 0 Å². The highest BCUT2D eigenvalue weighted by Gasteiger charge is 2.26. The molecule has 3 rings (SSSR count). The molecular weight excluding hydrogens is 428 g/mol. The molecule has 174 valence electrons. The van der Waals surface area contributed by atoms with Gasteiger partial charge in [0.2, 0.25) is 10.0 Å². The Morgan fingerprint density at radius 3 is 2.12 bits per heavy atom. The van der Waals surface area contributed by atoms with E-state index in [1.54, 1.807) is 12.1 Å². The first kappa shape index (κ1) is 24.0. The molecule has 1 saturated heterocycles. The highest BCUT2D eigenvalue weighted by Crippen LogP contribution is 2.24. The topological polar surface area (TPSA) is 119 Å². The molecule has 8 nitrogen and oxygen atoms in total. The number of hydrogen-bond donors (Lipinski definition) is 2. The van der Waals surface area contributed by atoms with Crippen LogP contribution in [0.3, 0.4) is 0 Å². The molecule has 4 N–H and O–H groups in total. The van der Waals surface area contributed by atoms with Gasteiger partial charge in [-0.05, 0) is 61.2 Å². The highest BCUT2D eigenvalue weighted by atomic mass is 32.2. The van der Waals surface area contributed by atoms with Crippen LogP contribution in [-0.4, -0.2) is 49.9 Å². The SMILES string of the molecule is CCCCN(C(N)=O)C1CCN(Cc2ccc(Oc3ccc(S(N)(=O)=O)cc3)cc2)CC1. The molecule has 1 fully saturated rings. The van der Waals surface area contributed by atoms with Gasteiger partial charge in [0.25, 0.3) is 0 Å². The average molecular weight is 461 g/mol. The van der Waals surface area contributed by atoms with E-state index >= 15 is 0 Å². The van der Waals surface area contributed by atoms with Crippen molar-refractivity contribution < 1.29 is 17.9 Å². The summed E-state index contributed by atoms with van der Waals surface area (Å²) in [5, 5.41) is 5.11. The Morgan fingerprint density at radius 2 is 1.62 bits per heavy atom. The lowest BCUT2D eigenvalue weighted by Gasteiger charge is -2.37. The third kappa shape index (κ3) is 6.69. The number of sulfonamides is 1. The normalized spacial score (nSPS) is 15.4. The lowest BCUT2D eigenvalue weighted by atomic mass is 10.0. The largest absolute Gasteiger partial charge is 0.457 e. The van der Waals surface area contributed by atoms with Gasteiger partial charge in [0.1, 0.15) is 11.5 Å². The van der Waals surface area contributed by atoms with Crippen molar-refractivity contribution in [1.29, 1.82) is 0 Å². The Kier molecular flexibility index (Phi) is 8.11. The monoisotopic (exact) mass is 460 g/mol. The minimum Gasteiger partial charge on any atom is -0.457 e. The Labute approximate surface area is 190 Å². The van der Waals surface area contributed by atoms with Crippen LogP contribution >= 0.6 is 0 Å². The molecule has 0 saturated carbocycles. The van der Waals surface area contributed by atoms with Crippen LogP contribution in [0.2, 0.25) is 0 Å². The molecule has 0 radical (unpaired) electrons. The van der Waals surface area contributed by atoms with E-state index in [4.69, 9.17) is 15.6 Å². The fourth-order valence-electron chi connectivity index (χ4n) is 3.94. The van der Waals surface area contributed by atoms with Crippen LogP contribution in [0, 0.1) is 0 Å². The fraction of sp³-hybridized carbons (Fsp3) is 0.435. The first-order valence-electron chi connectivity index (χ1n) is 10.9. The molecule has 0 aliphatic carbocycles. The number of carbonyl (C=O) groups excluding carboxylic acids is 1. The van der Waals surface area contributed by atoms with Gasteiger partial charge in [0, 0.05) is 32.2 Å². The van der Waals surface area contributed by atoms with E-state index in [1.165, 1.54) is 17.7 Å². The number of unbranched alkanes of at least 4 members (excludes halogenated alkanes) is 1. The van der Waals surface area contributed by atoms with Crippen LogP contribution in [0.25, 0.3) is 0 Å². The van der Waals surface area contributed by atoms with Crippen LogP contribution in [-0.2, 0) is 16.6 Å². The van der Waals surface area contributed by atoms with Crippen LogP contribution in [0.4, 0.5) is 4.79 Å². The molecule has 0 aromatic heterocycles. The van der Waals surface area contributed by atoms with Crippen LogP contribution in [0.15, 0.2) is 53.4 Å². The maximum Gasteiger partial charge on any atom is 0.315 e. The van der Waals surface area contributed by atoms with Crippen molar-refractivity contribution in [1.82, 2.24) is 9.80 Å². The van der Waals surface area contributed by atoms with Gasteiger partial charge in [0.05, 0.1) is 4.90 Å². The van der Waals surface area contributed by atoms with Gasteiger partial charge < -0.3 is 15.4 Å². The summed E-state index contributed by atoms with van der Waals surface area (Å²) in [6, 6.07) is 13.8. The van der Waals surface area contributed by atoms with Crippen molar-refractivity contribution in [2.24, 2.45) is 10.9 Å². The van der Waals surface area contributed by atoms with Gasteiger partial charge >= 0.3 is 6.03 Å². The van der Waals surface area contributed by atoms with E-state index < -0.39 is 10.0 Å². The third-order valence-corrected chi connectivity index (χ3v) is 6.68. The smallest absolute Gasteiger partial charge is 0.315 e. The Balaban J connectivity index is 1.50. The van der Waals surface area contributed by atoms with Crippen molar-refractivity contribution in [3.63, 3.8) is 0 Å². The number of piperidine rings is 1. The number of primary amides is 1. The number of nitrogens with zero attached hydrogens (tertiary/aromatic N) is 2. The van der Waals surface area contributed by atoms with Crippen LogP contribution in [0.5, 0.6) is 11.5 Å². The number of urea groups is 1. The summed E-state index contributed by atoms with van der Waals surface area (Å²) < 4.78 is 28.5. The lowest BCUT2D eigenvalue weighted by Crippen LogP contribution is -2.49. The summed E-state index contributed by atoms with van der Waals surface area (Å²) in [5.74, 6) is 1.21. The van der Waals surface area contributed by atoms with Gasteiger partial charge in [0.15, 0.2) is 0 Å². The van der Waals surface area contributed by atoms with Crippen molar-refractivity contribution in [2.45, 2.75) is 50.1 Å².